The lowest BCUT2D eigenvalue weighted by molar-refractivity contribution is 0.126. The van der Waals surface area contributed by atoms with Crippen LogP contribution in [0.2, 0.25) is 0 Å². The van der Waals surface area contributed by atoms with Crippen molar-refractivity contribution in [3.05, 3.63) is 41.7 Å². The Morgan fingerprint density at radius 3 is 2.70 bits per heavy atom. The molecule has 1 aromatic carbocycles. The van der Waals surface area contributed by atoms with Crippen molar-refractivity contribution >= 4 is 5.95 Å². The van der Waals surface area contributed by atoms with Crippen LogP contribution in [-0.2, 0) is 4.74 Å². The van der Waals surface area contributed by atoms with E-state index in [0.717, 1.165) is 5.56 Å². The Morgan fingerprint density at radius 2 is 2.05 bits per heavy atom. The van der Waals surface area contributed by atoms with Crippen LogP contribution in [0.15, 0.2) is 34.9 Å². The second-order valence-corrected chi connectivity index (χ2v) is 4.03. The number of aromatic amines is 1. The number of nitrogens with two attached hydrogens (primary N) is 1. The molecule has 8 heteroatoms. The second kappa shape index (κ2) is 5.10. The van der Waals surface area contributed by atoms with Crippen LogP contribution in [0.25, 0.3) is 11.7 Å². The molecule has 8 nitrogen and oxygen atoms in total. The number of H-pyrrole nitrogens is 1. The SMILES string of the molecule is COC(c1ccccc1)c1noc(-c2nc(N)n[nH]2)n1. The molecule has 0 radical (unpaired) electrons. The lowest BCUT2D eigenvalue weighted by Crippen LogP contribution is -2.05. The summed E-state index contributed by atoms with van der Waals surface area (Å²) < 4.78 is 10.6. The summed E-state index contributed by atoms with van der Waals surface area (Å²) in [5, 5.41) is 10.2. The number of ether oxygens (including phenoxy) is 1. The summed E-state index contributed by atoms with van der Waals surface area (Å²) in [6.45, 7) is 0. The molecular formula is C12H12N6O2. The predicted octanol–water partition coefficient (Wildman–Crippen LogP) is 1.17. The van der Waals surface area contributed by atoms with Crippen molar-refractivity contribution in [1.82, 2.24) is 25.3 Å². The Bertz CT molecular complexity index is 693. The van der Waals surface area contributed by atoms with E-state index < -0.39 is 6.10 Å². The maximum Gasteiger partial charge on any atom is 0.295 e. The van der Waals surface area contributed by atoms with Crippen LogP contribution >= 0.6 is 0 Å². The van der Waals surface area contributed by atoms with Crippen LogP contribution in [0, 0.1) is 0 Å². The van der Waals surface area contributed by atoms with Gasteiger partial charge in [0.25, 0.3) is 5.89 Å². The maximum atomic E-state index is 5.43. The minimum Gasteiger partial charge on any atom is -0.369 e. The normalized spacial score (nSPS) is 12.4. The third-order valence-corrected chi connectivity index (χ3v) is 2.72. The summed E-state index contributed by atoms with van der Waals surface area (Å²) in [5.74, 6) is 1.06. The van der Waals surface area contributed by atoms with E-state index in [4.69, 9.17) is 15.0 Å². The Hall–Kier alpha value is -2.74. The van der Waals surface area contributed by atoms with Crippen molar-refractivity contribution in [2.75, 3.05) is 12.8 Å². The van der Waals surface area contributed by atoms with Crippen molar-refractivity contribution in [1.29, 1.82) is 0 Å². The summed E-state index contributed by atoms with van der Waals surface area (Å²) in [7, 11) is 1.58. The molecule has 2 aromatic heterocycles. The number of nitrogens with zero attached hydrogens (tertiary/aromatic N) is 4. The molecule has 1 unspecified atom stereocenters. The first-order valence-corrected chi connectivity index (χ1v) is 5.87. The van der Waals surface area contributed by atoms with Crippen molar-refractivity contribution in [2.45, 2.75) is 6.10 Å². The van der Waals surface area contributed by atoms with Gasteiger partial charge in [0.15, 0.2) is 0 Å². The molecule has 0 aliphatic carbocycles. The van der Waals surface area contributed by atoms with Gasteiger partial charge in [0.1, 0.15) is 6.10 Å². The molecule has 3 N–H and O–H groups in total. The van der Waals surface area contributed by atoms with Gasteiger partial charge in [0, 0.05) is 7.11 Å². The van der Waals surface area contributed by atoms with Crippen molar-refractivity contribution in [3.63, 3.8) is 0 Å². The van der Waals surface area contributed by atoms with E-state index in [9.17, 15) is 0 Å². The van der Waals surface area contributed by atoms with Crippen molar-refractivity contribution in [3.8, 4) is 11.7 Å². The Balaban J connectivity index is 1.92. The Morgan fingerprint density at radius 1 is 1.25 bits per heavy atom. The molecule has 1 atom stereocenters. The molecule has 0 aliphatic heterocycles. The van der Waals surface area contributed by atoms with E-state index in [-0.39, 0.29) is 11.8 Å². The first-order chi connectivity index (χ1) is 9.78. The van der Waals surface area contributed by atoms with E-state index >= 15 is 0 Å². The molecule has 0 saturated carbocycles. The lowest BCUT2D eigenvalue weighted by atomic mass is 10.1. The third-order valence-electron chi connectivity index (χ3n) is 2.72. The summed E-state index contributed by atoms with van der Waals surface area (Å²) >= 11 is 0. The fourth-order valence-corrected chi connectivity index (χ4v) is 1.83. The zero-order chi connectivity index (χ0) is 13.9. The molecule has 0 bridgehead atoms. The van der Waals surface area contributed by atoms with Gasteiger partial charge in [-0.2, -0.15) is 9.97 Å². The molecular weight excluding hydrogens is 260 g/mol. The fraction of sp³-hybridized carbons (Fsp3) is 0.167. The zero-order valence-corrected chi connectivity index (χ0v) is 10.6. The first kappa shape index (κ1) is 12.3. The topological polar surface area (TPSA) is 116 Å². The maximum absolute atomic E-state index is 5.43. The quantitative estimate of drug-likeness (QED) is 0.732. The highest BCUT2D eigenvalue weighted by atomic mass is 16.5. The van der Waals surface area contributed by atoms with E-state index in [2.05, 4.69) is 25.3 Å². The van der Waals surface area contributed by atoms with Crippen LogP contribution in [0.4, 0.5) is 5.95 Å². The summed E-state index contributed by atoms with van der Waals surface area (Å²) in [4.78, 5) is 8.18. The first-order valence-electron chi connectivity index (χ1n) is 5.87. The monoisotopic (exact) mass is 272 g/mol. The average Bonchev–Trinajstić information content (AvgIpc) is 3.10. The molecule has 0 fully saturated rings. The second-order valence-electron chi connectivity index (χ2n) is 4.03. The van der Waals surface area contributed by atoms with Gasteiger partial charge in [-0.05, 0) is 5.56 Å². The molecule has 2 heterocycles. The third kappa shape index (κ3) is 2.24. The number of hydrogen-bond donors (Lipinski definition) is 2. The number of benzene rings is 1. The molecule has 102 valence electrons. The van der Waals surface area contributed by atoms with Crippen LogP contribution in [0.1, 0.15) is 17.5 Å². The fourth-order valence-electron chi connectivity index (χ4n) is 1.83. The number of anilines is 1. The van der Waals surface area contributed by atoms with Gasteiger partial charge in [-0.3, -0.25) is 5.10 Å². The Labute approximate surface area is 114 Å². The van der Waals surface area contributed by atoms with E-state index in [1.54, 1.807) is 7.11 Å². The molecule has 0 amide bonds. The van der Waals surface area contributed by atoms with Gasteiger partial charge < -0.3 is 15.0 Å². The number of nitrogen functional groups attached to an aromatic ring is 1. The highest BCUT2D eigenvalue weighted by Crippen LogP contribution is 2.24. The summed E-state index contributed by atoms with van der Waals surface area (Å²) in [5.41, 5.74) is 6.36. The van der Waals surface area contributed by atoms with Crippen LogP contribution in [0.3, 0.4) is 0 Å². The standard InChI is InChI=1S/C12H12N6O2/c1-19-8(7-5-3-2-4-6-7)9-14-11(20-18-9)10-15-12(13)17-16-10/h2-6,8H,1H3,(H3,13,15,16,17). The van der Waals surface area contributed by atoms with Crippen molar-refractivity contribution in [2.24, 2.45) is 0 Å². The van der Waals surface area contributed by atoms with Gasteiger partial charge in [-0.1, -0.05) is 35.5 Å². The summed E-state index contributed by atoms with van der Waals surface area (Å²) in [6, 6.07) is 9.61. The number of hydrogen-bond acceptors (Lipinski definition) is 7. The van der Waals surface area contributed by atoms with Gasteiger partial charge in [0.05, 0.1) is 0 Å². The number of aromatic nitrogens is 5. The van der Waals surface area contributed by atoms with Gasteiger partial charge in [-0.25, -0.2) is 0 Å². The summed E-state index contributed by atoms with van der Waals surface area (Å²) in [6.07, 6.45) is -0.408. The minimum atomic E-state index is -0.408. The molecule has 3 aromatic rings. The molecule has 0 saturated heterocycles. The smallest absolute Gasteiger partial charge is 0.295 e. The number of rotatable bonds is 4. The number of methoxy groups -OCH3 is 1. The predicted molar refractivity (Wildman–Crippen MR) is 69.4 cm³/mol. The van der Waals surface area contributed by atoms with Gasteiger partial charge >= 0.3 is 0 Å². The largest absolute Gasteiger partial charge is 0.369 e. The molecule has 0 aliphatic rings. The number of nitrogens with one attached hydrogen (secondary N) is 1. The molecule has 0 spiro atoms. The van der Waals surface area contributed by atoms with Crippen LogP contribution in [0.5, 0.6) is 0 Å². The van der Waals surface area contributed by atoms with Crippen LogP contribution in [-0.4, -0.2) is 32.4 Å². The van der Waals surface area contributed by atoms with Gasteiger partial charge in [0.2, 0.25) is 17.6 Å². The average molecular weight is 272 g/mol. The molecule has 20 heavy (non-hydrogen) atoms. The van der Waals surface area contributed by atoms with Crippen LogP contribution < -0.4 is 5.73 Å². The minimum absolute atomic E-state index is 0.117. The zero-order valence-electron chi connectivity index (χ0n) is 10.6. The van der Waals surface area contributed by atoms with Gasteiger partial charge in [-0.15, -0.1) is 5.10 Å². The lowest BCUT2D eigenvalue weighted by Gasteiger charge is -2.10. The Kier molecular flexibility index (Phi) is 3.13. The molecule has 3 rings (SSSR count). The van der Waals surface area contributed by atoms with E-state index in [1.165, 1.54) is 0 Å². The van der Waals surface area contributed by atoms with Crippen molar-refractivity contribution < 1.29 is 9.26 Å². The van der Waals surface area contributed by atoms with E-state index in [1.807, 2.05) is 30.3 Å². The highest BCUT2D eigenvalue weighted by Gasteiger charge is 2.21. The highest BCUT2D eigenvalue weighted by molar-refractivity contribution is 5.42. The van der Waals surface area contributed by atoms with E-state index in [0.29, 0.717) is 11.6 Å².